The number of alkyl halides is 2. The fraction of sp³-hybridized carbons (Fsp3) is 0.579. The number of rotatable bonds is 5. The van der Waals surface area contributed by atoms with Gasteiger partial charge in [-0.05, 0) is 43.0 Å². The predicted octanol–water partition coefficient (Wildman–Crippen LogP) is 3.30. The lowest BCUT2D eigenvalue weighted by atomic mass is 9.94. The van der Waals surface area contributed by atoms with Gasteiger partial charge in [-0.15, -0.1) is 0 Å². The summed E-state index contributed by atoms with van der Waals surface area (Å²) >= 11 is 0. The van der Waals surface area contributed by atoms with Crippen molar-refractivity contribution in [1.82, 2.24) is 10.2 Å². The van der Waals surface area contributed by atoms with E-state index in [-0.39, 0.29) is 23.5 Å². The molecule has 0 spiro atoms. The molecule has 5 nitrogen and oxygen atoms in total. The lowest BCUT2D eigenvalue weighted by Gasteiger charge is -2.33. The minimum atomic E-state index is -2.89. The molecule has 1 N–H and O–H groups in total. The van der Waals surface area contributed by atoms with Crippen molar-refractivity contribution >= 4 is 11.8 Å². The van der Waals surface area contributed by atoms with Crippen molar-refractivity contribution in [3.8, 4) is 5.75 Å². The van der Waals surface area contributed by atoms with Gasteiger partial charge in [0.05, 0.1) is 0 Å². The van der Waals surface area contributed by atoms with Gasteiger partial charge in [-0.1, -0.05) is 20.8 Å². The van der Waals surface area contributed by atoms with Crippen molar-refractivity contribution in [2.75, 3.05) is 19.6 Å². The highest BCUT2D eigenvalue weighted by Gasteiger charge is 2.27. The zero-order valence-corrected chi connectivity index (χ0v) is 15.4. The topological polar surface area (TPSA) is 58.6 Å². The Balaban J connectivity index is 1.91. The Morgan fingerprint density at radius 1 is 1.27 bits per heavy atom. The van der Waals surface area contributed by atoms with Crippen LogP contribution in [0.1, 0.15) is 44.0 Å². The number of amides is 2. The molecule has 0 radical (unpaired) electrons. The van der Waals surface area contributed by atoms with Crippen LogP contribution < -0.4 is 10.1 Å². The Morgan fingerprint density at radius 3 is 2.50 bits per heavy atom. The van der Waals surface area contributed by atoms with E-state index in [4.69, 9.17) is 0 Å². The Kier molecular flexibility index (Phi) is 6.56. The zero-order valence-electron chi connectivity index (χ0n) is 15.4. The predicted molar refractivity (Wildman–Crippen MR) is 94.2 cm³/mol. The summed E-state index contributed by atoms with van der Waals surface area (Å²) in [4.78, 5) is 26.4. The summed E-state index contributed by atoms with van der Waals surface area (Å²) in [6, 6.07) is 5.71. The van der Waals surface area contributed by atoms with Gasteiger partial charge in [0.1, 0.15) is 5.75 Å². The first-order chi connectivity index (χ1) is 12.2. The molecular weight excluding hydrogens is 342 g/mol. The summed E-state index contributed by atoms with van der Waals surface area (Å²) in [6.45, 7) is 4.46. The largest absolute Gasteiger partial charge is 0.435 e. The molecule has 1 atom stereocenters. The van der Waals surface area contributed by atoms with Crippen LogP contribution in [0.5, 0.6) is 5.75 Å². The molecule has 1 aliphatic heterocycles. The van der Waals surface area contributed by atoms with Gasteiger partial charge < -0.3 is 15.0 Å². The Hall–Kier alpha value is -2.18. The maximum Gasteiger partial charge on any atom is 0.387 e. The summed E-state index contributed by atoms with van der Waals surface area (Å²) in [5, 5.41) is 2.95. The molecule has 0 aromatic heterocycles. The summed E-state index contributed by atoms with van der Waals surface area (Å²) in [6.07, 6.45) is 1.82. The van der Waals surface area contributed by atoms with Gasteiger partial charge in [0, 0.05) is 30.6 Å². The summed E-state index contributed by atoms with van der Waals surface area (Å²) in [5.41, 5.74) is -0.00217. The number of halogens is 2. The van der Waals surface area contributed by atoms with Crippen LogP contribution in [-0.4, -0.2) is 43.0 Å². The number of nitrogens with one attached hydrogen (secondary N) is 1. The lowest BCUT2D eigenvalue weighted by molar-refractivity contribution is -0.128. The molecular formula is C19H26F2N2O3. The molecule has 1 unspecified atom stereocenters. The second kappa shape index (κ2) is 8.47. The van der Waals surface area contributed by atoms with E-state index in [0.29, 0.717) is 25.2 Å². The van der Waals surface area contributed by atoms with E-state index in [2.05, 4.69) is 10.1 Å². The van der Waals surface area contributed by atoms with Gasteiger partial charge in [0.15, 0.2) is 0 Å². The Bertz CT molecular complexity index is 627. The first-order valence-electron chi connectivity index (χ1n) is 8.79. The van der Waals surface area contributed by atoms with E-state index in [1.165, 1.54) is 24.3 Å². The van der Waals surface area contributed by atoms with Crippen molar-refractivity contribution in [2.45, 2.75) is 40.2 Å². The van der Waals surface area contributed by atoms with Crippen molar-refractivity contribution in [2.24, 2.45) is 11.3 Å². The van der Waals surface area contributed by atoms with Crippen LogP contribution >= 0.6 is 0 Å². The van der Waals surface area contributed by atoms with Crippen LogP contribution in [0.15, 0.2) is 24.3 Å². The molecule has 2 rings (SSSR count). The van der Waals surface area contributed by atoms with Crippen molar-refractivity contribution < 1.29 is 23.1 Å². The molecule has 0 saturated carbocycles. The number of nitrogens with zero attached hydrogens (tertiary/aromatic N) is 1. The van der Waals surface area contributed by atoms with Crippen LogP contribution in [0.2, 0.25) is 0 Å². The molecule has 144 valence electrons. The first-order valence-corrected chi connectivity index (χ1v) is 8.79. The van der Waals surface area contributed by atoms with Crippen molar-refractivity contribution in [3.63, 3.8) is 0 Å². The molecule has 1 aromatic carbocycles. The van der Waals surface area contributed by atoms with Crippen LogP contribution in [0.3, 0.4) is 0 Å². The molecule has 0 bridgehead atoms. The summed E-state index contributed by atoms with van der Waals surface area (Å²) < 4.78 is 28.7. The number of carbonyl (C=O) groups is 2. The minimum absolute atomic E-state index is 0.00410. The number of hydrogen-bond acceptors (Lipinski definition) is 3. The van der Waals surface area contributed by atoms with E-state index in [9.17, 15) is 18.4 Å². The average Bonchev–Trinajstić information content (AvgIpc) is 2.58. The quantitative estimate of drug-likeness (QED) is 0.868. The van der Waals surface area contributed by atoms with E-state index in [1.807, 2.05) is 20.8 Å². The number of piperidine rings is 1. The number of likely N-dealkylation sites (tertiary alicyclic amines) is 1. The van der Waals surface area contributed by atoms with Crippen LogP contribution in [0.25, 0.3) is 0 Å². The van der Waals surface area contributed by atoms with Gasteiger partial charge in [0.25, 0.3) is 5.91 Å². The number of hydrogen-bond donors (Lipinski definition) is 1. The highest BCUT2D eigenvalue weighted by Crippen LogP contribution is 2.21. The summed E-state index contributed by atoms with van der Waals surface area (Å²) in [5.74, 6) is 0.0921. The van der Waals surface area contributed by atoms with Crippen LogP contribution in [0, 0.1) is 11.3 Å². The van der Waals surface area contributed by atoms with E-state index in [1.54, 1.807) is 4.90 Å². The molecule has 1 aromatic rings. The third kappa shape index (κ3) is 5.68. The van der Waals surface area contributed by atoms with Gasteiger partial charge in [-0.25, -0.2) is 0 Å². The summed E-state index contributed by atoms with van der Waals surface area (Å²) in [7, 11) is 0. The fourth-order valence-electron chi connectivity index (χ4n) is 2.88. The van der Waals surface area contributed by atoms with Crippen molar-refractivity contribution in [1.29, 1.82) is 0 Å². The number of benzene rings is 1. The van der Waals surface area contributed by atoms with E-state index >= 15 is 0 Å². The van der Waals surface area contributed by atoms with Crippen LogP contribution in [-0.2, 0) is 4.79 Å². The van der Waals surface area contributed by atoms with Gasteiger partial charge in [-0.2, -0.15) is 8.78 Å². The Labute approximate surface area is 152 Å². The highest BCUT2D eigenvalue weighted by molar-refractivity contribution is 5.94. The maximum absolute atomic E-state index is 12.6. The number of carbonyl (C=O) groups excluding carboxylic acids is 2. The third-order valence-corrected chi connectivity index (χ3v) is 4.37. The normalized spacial score (nSPS) is 17.9. The molecule has 1 aliphatic rings. The number of ether oxygens (including phenoxy) is 1. The van der Waals surface area contributed by atoms with Gasteiger partial charge >= 0.3 is 6.61 Å². The van der Waals surface area contributed by atoms with E-state index in [0.717, 1.165) is 12.8 Å². The standard InChI is InChI=1S/C19H26F2N2O3/c1-19(2,3)17(25)22-11-13-5-4-10-23(12-13)16(24)14-6-8-15(9-7-14)26-18(20)21/h6-9,13,18H,4-5,10-12H2,1-3H3,(H,22,25). The smallest absolute Gasteiger partial charge is 0.387 e. The van der Waals surface area contributed by atoms with Gasteiger partial charge in [0.2, 0.25) is 5.91 Å². The molecule has 7 heteroatoms. The monoisotopic (exact) mass is 368 g/mol. The average molecular weight is 368 g/mol. The van der Waals surface area contributed by atoms with Crippen LogP contribution in [0.4, 0.5) is 8.78 Å². The lowest BCUT2D eigenvalue weighted by Crippen LogP contribution is -2.45. The zero-order chi connectivity index (χ0) is 19.3. The third-order valence-electron chi connectivity index (χ3n) is 4.37. The first kappa shape index (κ1) is 20.1. The maximum atomic E-state index is 12.6. The molecule has 1 saturated heterocycles. The molecule has 1 heterocycles. The Morgan fingerprint density at radius 2 is 1.92 bits per heavy atom. The van der Waals surface area contributed by atoms with Gasteiger partial charge in [-0.3, -0.25) is 9.59 Å². The molecule has 0 aliphatic carbocycles. The second-order valence-corrected chi connectivity index (χ2v) is 7.62. The molecule has 2 amide bonds. The minimum Gasteiger partial charge on any atom is -0.435 e. The fourth-order valence-corrected chi connectivity index (χ4v) is 2.88. The SMILES string of the molecule is CC(C)(C)C(=O)NCC1CCCN(C(=O)c2ccc(OC(F)F)cc2)C1. The van der Waals surface area contributed by atoms with E-state index < -0.39 is 12.0 Å². The highest BCUT2D eigenvalue weighted by atomic mass is 19.3. The molecule has 26 heavy (non-hydrogen) atoms. The van der Waals surface area contributed by atoms with Crippen molar-refractivity contribution in [3.05, 3.63) is 29.8 Å². The molecule has 1 fully saturated rings. The second-order valence-electron chi connectivity index (χ2n) is 7.62.